The van der Waals surface area contributed by atoms with E-state index in [1.54, 1.807) is 6.92 Å². The zero-order valence-corrected chi connectivity index (χ0v) is 17.2. The number of nitro groups is 1. The van der Waals surface area contributed by atoms with Crippen LogP contribution in [-0.4, -0.2) is 85.2 Å². The van der Waals surface area contributed by atoms with Crippen LogP contribution in [0.4, 0.5) is 5.69 Å². The first kappa shape index (κ1) is 25.4. The van der Waals surface area contributed by atoms with Crippen LogP contribution in [0.5, 0.6) is 5.75 Å². The zero-order valence-electron chi connectivity index (χ0n) is 17.2. The van der Waals surface area contributed by atoms with E-state index in [-0.39, 0.29) is 17.9 Å². The maximum atomic E-state index is 12.1. The lowest BCUT2D eigenvalue weighted by atomic mass is 9.88. The number of carbonyl (C=O) groups is 2. The molecule has 0 radical (unpaired) electrons. The molecule has 0 aromatic heterocycles. The number of carboxylic acid groups (broad SMARTS) is 1. The molecule has 0 aliphatic carbocycles. The van der Waals surface area contributed by atoms with Crippen LogP contribution >= 0.6 is 0 Å². The van der Waals surface area contributed by atoms with Crippen molar-refractivity contribution in [3.63, 3.8) is 0 Å². The highest BCUT2D eigenvalue weighted by molar-refractivity contribution is 5.78. The number of rotatable bonds is 10. The normalized spacial score (nSPS) is 27.2. The molecule has 13 nitrogen and oxygen atoms in total. The SMILES string of the molecule is CCCC(=O)N[C@H]1[C@H]([C@H](O)[C@H](O)CO)O[C@@](Oc2ccc([N+](=O)[O-])cc2)(C(=O)O)C[C@@H]1O. The highest BCUT2D eigenvalue weighted by Gasteiger charge is 2.56. The van der Waals surface area contributed by atoms with Crippen LogP contribution in [0.1, 0.15) is 26.2 Å². The number of nitrogens with one attached hydrogen (secondary N) is 1. The Bertz CT molecular complexity index is 818. The molecule has 1 aliphatic rings. The maximum absolute atomic E-state index is 12.1. The van der Waals surface area contributed by atoms with E-state index in [0.717, 1.165) is 24.3 Å². The second-order valence-electron chi connectivity index (χ2n) is 7.35. The van der Waals surface area contributed by atoms with E-state index in [9.17, 15) is 45.2 Å². The van der Waals surface area contributed by atoms with E-state index in [1.807, 2.05) is 0 Å². The number of hydrogen-bond acceptors (Lipinski definition) is 10. The van der Waals surface area contributed by atoms with Crippen LogP contribution in [-0.2, 0) is 14.3 Å². The number of carbonyl (C=O) groups excluding carboxylic acids is 1. The Morgan fingerprint density at radius 1 is 1.34 bits per heavy atom. The number of carboxylic acids is 1. The van der Waals surface area contributed by atoms with Gasteiger partial charge in [-0.25, -0.2) is 4.79 Å². The summed E-state index contributed by atoms with van der Waals surface area (Å²) < 4.78 is 10.9. The molecule has 178 valence electrons. The quantitative estimate of drug-likeness (QED) is 0.183. The minimum absolute atomic E-state index is 0.0813. The van der Waals surface area contributed by atoms with Crippen LogP contribution in [0.25, 0.3) is 0 Å². The van der Waals surface area contributed by atoms with Crippen molar-refractivity contribution in [2.45, 2.75) is 62.4 Å². The monoisotopic (exact) mass is 458 g/mol. The van der Waals surface area contributed by atoms with Gasteiger partial charge < -0.3 is 40.3 Å². The lowest BCUT2D eigenvalue weighted by Crippen LogP contribution is -2.68. The highest BCUT2D eigenvalue weighted by atomic mass is 16.7. The Labute approximate surface area is 182 Å². The molecule has 1 heterocycles. The van der Waals surface area contributed by atoms with E-state index < -0.39 is 66.1 Å². The first-order chi connectivity index (χ1) is 15.0. The molecule has 2 rings (SSSR count). The number of amides is 1. The maximum Gasteiger partial charge on any atom is 0.377 e. The lowest BCUT2D eigenvalue weighted by Gasteiger charge is -2.46. The third-order valence-electron chi connectivity index (χ3n) is 4.95. The summed E-state index contributed by atoms with van der Waals surface area (Å²) in [6, 6.07) is 3.07. The van der Waals surface area contributed by atoms with Crippen LogP contribution in [0.3, 0.4) is 0 Å². The fourth-order valence-corrected chi connectivity index (χ4v) is 3.31. The number of hydrogen-bond donors (Lipinski definition) is 6. The molecule has 0 bridgehead atoms. The number of non-ortho nitro benzene ring substituents is 1. The molecule has 0 spiro atoms. The van der Waals surface area contributed by atoms with Gasteiger partial charge in [-0.3, -0.25) is 14.9 Å². The van der Waals surface area contributed by atoms with Gasteiger partial charge in [0.2, 0.25) is 5.91 Å². The van der Waals surface area contributed by atoms with Gasteiger partial charge in [-0.2, -0.15) is 0 Å². The molecule has 6 atom stereocenters. The summed E-state index contributed by atoms with van der Waals surface area (Å²) in [7, 11) is 0. The van der Waals surface area contributed by atoms with Gasteiger partial charge in [0.25, 0.3) is 5.69 Å². The van der Waals surface area contributed by atoms with Crippen LogP contribution in [0.2, 0.25) is 0 Å². The van der Waals surface area contributed by atoms with Gasteiger partial charge in [-0.15, -0.1) is 0 Å². The minimum atomic E-state index is -2.57. The van der Waals surface area contributed by atoms with Crippen molar-refractivity contribution in [3.8, 4) is 5.75 Å². The van der Waals surface area contributed by atoms with Gasteiger partial charge in [0.1, 0.15) is 24.1 Å². The molecule has 1 fully saturated rings. The Kier molecular flexibility index (Phi) is 8.46. The number of nitrogens with zero attached hydrogens (tertiary/aromatic N) is 1. The molecule has 13 heteroatoms. The average molecular weight is 458 g/mol. The number of aliphatic carboxylic acids is 1. The molecule has 0 saturated carbocycles. The highest BCUT2D eigenvalue weighted by Crippen LogP contribution is 2.35. The smallest absolute Gasteiger partial charge is 0.377 e. The molecule has 32 heavy (non-hydrogen) atoms. The van der Waals surface area contributed by atoms with E-state index in [4.69, 9.17) is 9.47 Å². The van der Waals surface area contributed by atoms with Crippen molar-refractivity contribution in [1.82, 2.24) is 5.32 Å². The van der Waals surface area contributed by atoms with Crippen molar-refractivity contribution >= 4 is 17.6 Å². The Morgan fingerprint density at radius 3 is 2.47 bits per heavy atom. The van der Waals surface area contributed by atoms with Gasteiger partial charge >= 0.3 is 11.8 Å². The Hall–Kier alpha value is -2.84. The number of nitro benzene ring substituents is 1. The van der Waals surface area contributed by atoms with E-state index in [1.165, 1.54) is 0 Å². The van der Waals surface area contributed by atoms with Crippen molar-refractivity contribution in [2.75, 3.05) is 6.61 Å². The summed E-state index contributed by atoms with van der Waals surface area (Å²) in [5.41, 5.74) is -0.274. The van der Waals surface area contributed by atoms with Crippen molar-refractivity contribution in [3.05, 3.63) is 34.4 Å². The summed E-state index contributed by atoms with van der Waals surface area (Å²) in [5.74, 6) is -4.91. The topological polar surface area (TPSA) is 209 Å². The average Bonchev–Trinajstić information content (AvgIpc) is 2.74. The van der Waals surface area contributed by atoms with Crippen molar-refractivity contribution in [1.29, 1.82) is 0 Å². The number of benzene rings is 1. The summed E-state index contributed by atoms with van der Waals surface area (Å²) in [6.45, 7) is 0.832. The van der Waals surface area contributed by atoms with E-state index in [2.05, 4.69) is 5.32 Å². The first-order valence-corrected chi connectivity index (χ1v) is 9.83. The summed E-state index contributed by atoms with van der Waals surface area (Å²) >= 11 is 0. The molecule has 6 N–H and O–H groups in total. The molecular formula is C19H26N2O11. The molecule has 1 amide bonds. The van der Waals surface area contributed by atoms with Crippen LogP contribution in [0.15, 0.2) is 24.3 Å². The van der Waals surface area contributed by atoms with Gasteiger partial charge in [-0.05, 0) is 18.6 Å². The van der Waals surface area contributed by atoms with Gasteiger partial charge in [-0.1, -0.05) is 6.92 Å². The third kappa shape index (κ3) is 5.69. The van der Waals surface area contributed by atoms with E-state index in [0.29, 0.717) is 6.42 Å². The number of aliphatic hydroxyl groups is 4. The zero-order chi connectivity index (χ0) is 24.1. The Balaban J connectivity index is 2.38. The standard InChI is InChI=1S/C19H26N2O11/c1-2-3-14(25)20-15-12(23)8-19(18(27)28,32-17(15)16(26)13(24)9-22)31-11-6-4-10(5-7-11)21(29)30/h4-7,12-13,15-17,22-24,26H,2-3,8-9H2,1H3,(H,20,25)(H,27,28)/t12-,13+,15+,16+,17+,19+/m0/s1. The summed E-state index contributed by atoms with van der Waals surface area (Å²) in [6.07, 6.45) is -7.08. The molecule has 1 aromatic rings. The molecule has 0 unspecified atom stereocenters. The molecule has 1 saturated heterocycles. The van der Waals surface area contributed by atoms with Crippen molar-refractivity contribution in [2.24, 2.45) is 0 Å². The molecule has 1 aromatic carbocycles. The lowest BCUT2D eigenvalue weighted by molar-refractivity contribution is -0.384. The van der Waals surface area contributed by atoms with Crippen molar-refractivity contribution < 1.29 is 49.5 Å². The van der Waals surface area contributed by atoms with Gasteiger partial charge in [0.05, 0.1) is 30.1 Å². The second kappa shape index (κ2) is 10.7. The third-order valence-corrected chi connectivity index (χ3v) is 4.95. The number of aliphatic hydroxyl groups excluding tert-OH is 4. The molecular weight excluding hydrogens is 432 g/mol. The predicted octanol–water partition coefficient (Wildman–Crippen LogP) is -1.10. The Morgan fingerprint density at radius 2 is 1.97 bits per heavy atom. The van der Waals surface area contributed by atoms with Crippen LogP contribution < -0.4 is 10.1 Å². The van der Waals surface area contributed by atoms with E-state index >= 15 is 0 Å². The summed E-state index contributed by atoms with van der Waals surface area (Å²) in [4.78, 5) is 34.3. The first-order valence-electron chi connectivity index (χ1n) is 9.83. The second-order valence-corrected chi connectivity index (χ2v) is 7.35. The fourth-order valence-electron chi connectivity index (χ4n) is 3.31. The number of ether oxygens (including phenoxy) is 2. The van der Waals surface area contributed by atoms with Crippen LogP contribution in [0, 0.1) is 10.1 Å². The largest absolute Gasteiger partial charge is 0.476 e. The van der Waals surface area contributed by atoms with Gasteiger partial charge in [0, 0.05) is 18.6 Å². The predicted molar refractivity (Wildman–Crippen MR) is 106 cm³/mol. The van der Waals surface area contributed by atoms with Gasteiger partial charge in [0.15, 0.2) is 0 Å². The summed E-state index contributed by atoms with van der Waals surface area (Å²) in [5, 5.41) is 63.2. The fraction of sp³-hybridized carbons (Fsp3) is 0.579. The minimum Gasteiger partial charge on any atom is -0.476 e. The molecule has 1 aliphatic heterocycles.